The average molecular weight is 409 g/mol. The Labute approximate surface area is 146 Å². The van der Waals surface area contributed by atoms with Gasteiger partial charge in [-0.3, -0.25) is 9.78 Å². The highest BCUT2D eigenvalue weighted by molar-refractivity contribution is 9.10. The van der Waals surface area contributed by atoms with Crippen molar-refractivity contribution in [3.05, 3.63) is 63.1 Å². The molecule has 0 saturated carbocycles. The van der Waals surface area contributed by atoms with Crippen LogP contribution in [-0.4, -0.2) is 19.6 Å². The van der Waals surface area contributed by atoms with Crippen LogP contribution in [-0.2, 0) is 6.18 Å². The van der Waals surface area contributed by atoms with Crippen LogP contribution in [0.3, 0.4) is 0 Å². The third kappa shape index (κ3) is 2.70. The van der Waals surface area contributed by atoms with Crippen LogP contribution in [0.15, 0.2) is 51.9 Å². The van der Waals surface area contributed by atoms with Crippen LogP contribution in [0.2, 0.25) is 0 Å². The largest absolute Gasteiger partial charge is 0.433 e. The van der Waals surface area contributed by atoms with Gasteiger partial charge in [0.15, 0.2) is 0 Å². The van der Waals surface area contributed by atoms with E-state index in [4.69, 9.17) is 0 Å². The molecule has 0 aliphatic rings. The highest BCUT2D eigenvalue weighted by Gasteiger charge is 2.32. The molecule has 0 fully saturated rings. The lowest BCUT2D eigenvalue weighted by atomic mass is 10.1. The summed E-state index contributed by atoms with van der Waals surface area (Å²) in [6, 6.07) is 8.99. The van der Waals surface area contributed by atoms with E-state index in [0.717, 1.165) is 16.7 Å². The first-order valence-electron chi connectivity index (χ1n) is 7.08. The summed E-state index contributed by atoms with van der Waals surface area (Å²) in [6.07, 6.45) is -3.46. The number of alkyl halides is 3. The summed E-state index contributed by atoms with van der Waals surface area (Å²) in [7, 11) is 0. The smallest absolute Gasteiger partial charge is 0.306 e. The molecule has 3 heterocycles. The Morgan fingerprint density at radius 1 is 1.12 bits per heavy atom. The lowest BCUT2D eigenvalue weighted by Gasteiger charge is -2.06. The molecule has 5 nitrogen and oxygen atoms in total. The predicted octanol–water partition coefficient (Wildman–Crippen LogP) is 4.02. The van der Waals surface area contributed by atoms with E-state index in [-0.39, 0.29) is 11.1 Å². The fourth-order valence-corrected chi connectivity index (χ4v) is 2.94. The molecule has 3 aromatic heterocycles. The molecule has 4 aromatic rings. The van der Waals surface area contributed by atoms with Crippen LogP contribution in [0.4, 0.5) is 13.2 Å². The molecule has 0 spiro atoms. The van der Waals surface area contributed by atoms with E-state index in [1.165, 1.54) is 16.6 Å². The van der Waals surface area contributed by atoms with Crippen molar-refractivity contribution < 1.29 is 13.2 Å². The molecule has 0 bridgehead atoms. The topological polar surface area (TPSA) is 63.0 Å². The van der Waals surface area contributed by atoms with Gasteiger partial charge < -0.3 is 4.98 Å². The highest BCUT2D eigenvalue weighted by atomic mass is 79.9. The third-order valence-electron chi connectivity index (χ3n) is 3.73. The van der Waals surface area contributed by atoms with Crippen LogP contribution in [0, 0.1) is 0 Å². The SMILES string of the molecule is O=c1[nH]c2cc(-c3ccnc(C(F)(F)F)c3)nn2c2cc(Br)ccc12. The summed E-state index contributed by atoms with van der Waals surface area (Å²) >= 11 is 3.34. The Balaban J connectivity index is 1.97. The minimum absolute atomic E-state index is 0.259. The summed E-state index contributed by atoms with van der Waals surface area (Å²) in [5.41, 5.74) is 0.196. The molecule has 0 amide bonds. The van der Waals surface area contributed by atoms with Crippen molar-refractivity contribution >= 4 is 32.5 Å². The first-order valence-corrected chi connectivity index (χ1v) is 7.87. The standard InChI is InChI=1S/C16H8BrF3N4O/c17-9-1-2-10-12(6-9)24-14(22-15(10)25)7-11(23-24)8-3-4-21-13(5-8)16(18,19)20/h1-7H,(H,22,25). The van der Waals surface area contributed by atoms with E-state index in [1.807, 2.05) is 0 Å². The number of H-pyrrole nitrogens is 1. The number of aromatic nitrogens is 4. The van der Waals surface area contributed by atoms with E-state index < -0.39 is 11.9 Å². The molecule has 0 radical (unpaired) electrons. The van der Waals surface area contributed by atoms with Crippen molar-refractivity contribution in [2.24, 2.45) is 0 Å². The minimum atomic E-state index is -4.54. The Morgan fingerprint density at radius 3 is 2.68 bits per heavy atom. The number of hydrogen-bond donors (Lipinski definition) is 1. The van der Waals surface area contributed by atoms with E-state index in [0.29, 0.717) is 22.2 Å². The Kier molecular flexibility index (Phi) is 3.43. The molecule has 0 aliphatic carbocycles. The van der Waals surface area contributed by atoms with E-state index >= 15 is 0 Å². The summed E-state index contributed by atoms with van der Waals surface area (Å²) < 4.78 is 40.8. The van der Waals surface area contributed by atoms with Crippen molar-refractivity contribution in [1.82, 2.24) is 19.6 Å². The van der Waals surface area contributed by atoms with Gasteiger partial charge in [-0.2, -0.15) is 18.3 Å². The first kappa shape index (κ1) is 15.8. The molecular weight excluding hydrogens is 401 g/mol. The van der Waals surface area contributed by atoms with Gasteiger partial charge in [-0.15, -0.1) is 0 Å². The van der Waals surface area contributed by atoms with Crippen LogP contribution in [0.1, 0.15) is 5.69 Å². The van der Waals surface area contributed by atoms with Crippen LogP contribution in [0.5, 0.6) is 0 Å². The second-order valence-corrected chi connectivity index (χ2v) is 6.29. The average Bonchev–Trinajstić information content (AvgIpc) is 2.98. The molecule has 25 heavy (non-hydrogen) atoms. The fraction of sp³-hybridized carbons (Fsp3) is 0.0625. The first-order chi connectivity index (χ1) is 11.8. The van der Waals surface area contributed by atoms with Gasteiger partial charge in [-0.05, 0) is 30.3 Å². The van der Waals surface area contributed by atoms with E-state index in [9.17, 15) is 18.0 Å². The monoisotopic (exact) mass is 408 g/mol. The van der Waals surface area contributed by atoms with Crippen LogP contribution >= 0.6 is 15.9 Å². The lowest BCUT2D eigenvalue weighted by Crippen LogP contribution is -2.09. The molecule has 1 N–H and O–H groups in total. The maximum atomic E-state index is 12.9. The number of hydrogen-bond acceptors (Lipinski definition) is 3. The number of nitrogens with one attached hydrogen (secondary N) is 1. The summed E-state index contributed by atoms with van der Waals surface area (Å²) in [6.45, 7) is 0. The molecule has 0 unspecified atom stereocenters. The van der Waals surface area contributed by atoms with Crippen LogP contribution < -0.4 is 5.56 Å². The number of nitrogens with zero attached hydrogens (tertiary/aromatic N) is 3. The van der Waals surface area contributed by atoms with Gasteiger partial charge in [-0.1, -0.05) is 15.9 Å². The maximum Gasteiger partial charge on any atom is 0.433 e. The Bertz CT molecular complexity index is 1180. The van der Waals surface area contributed by atoms with Gasteiger partial charge in [0.25, 0.3) is 5.56 Å². The van der Waals surface area contributed by atoms with Gasteiger partial charge in [0.05, 0.1) is 16.6 Å². The lowest BCUT2D eigenvalue weighted by molar-refractivity contribution is -0.141. The van der Waals surface area contributed by atoms with Gasteiger partial charge in [-0.25, -0.2) is 4.52 Å². The number of fused-ring (bicyclic) bond motifs is 3. The molecule has 0 atom stereocenters. The van der Waals surface area contributed by atoms with Crippen molar-refractivity contribution in [3.8, 4) is 11.3 Å². The second kappa shape index (κ2) is 5.41. The normalized spacial score (nSPS) is 12.2. The number of aromatic amines is 1. The highest BCUT2D eigenvalue weighted by Crippen LogP contribution is 2.30. The Morgan fingerprint density at radius 2 is 1.92 bits per heavy atom. The quantitative estimate of drug-likeness (QED) is 0.517. The summed E-state index contributed by atoms with van der Waals surface area (Å²) in [5, 5.41) is 4.77. The third-order valence-corrected chi connectivity index (χ3v) is 4.22. The van der Waals surface area contributed by atoms with E-state index in [1.54, 1.807) is 18.2 Å². The molecule has 0 saturated heterocycles. The molecule has 9 heteroatoms. The number of halogens is 4. The predicted molar refractivity (Wildman–Crippen MR) is 89.3 cm³/mol. The zero-order valence-corrected chi connectivity index (χ0v) is 13.9. The second-order valence-electron chi connectivity index (χ2n) is 5.37. The van der Waals surface area contributed by atoms with Crippen molar-refractivity contribution in [3.63, 3.8) is 0 Å². The summed E-state index contributed by atoms with van der Waals surface area (Å²) in [5.74, 6) is 0. The molecule has 1 aromatic carbocycles. The van der Waals surface area contributed by atoms with Crippen molar-refractivity contribution in [2.45, 2.75) is 6.18 Å². The zero-order valence-electron chi connectivity index (χ0n) is 12.3. The van der Waals surface area contributed by atoms with Gasteiger partial charge in [0.1, 0.15) is 11.3 Å². The van der Waals surface area contributed by atoms with Crippen LogP contribution in [0.25, 0.3) is 27.8 Å². The number of benzene rings is 1. The van der Waals surface area contributed by atoms with Gasteiger partial charge >= 0.3 is 6.18 Å². The maximum absolute atomic E-state index is 12.9. The molecule has 126 valence electrons. The molecule has 0 aliphatic heterocycles. The number of pyridine rings is 1. The number of rotatable bonds is 1. The molecular formula is C16H8BrF3N4O. The minimum Gasteiger partial charge on any atom is -0.306 e. The fourth-order valence-electron chi connectivity index (χ4n) is 2.60. The van der Waals surface area contributed by atoms with Crippen molar-refractivity contribution in [1.29, 1.82) is 0 Å². The van der Waals surface area contributed by atoms with Crippen molar-refractivity contribution in [2.75, 3.05) is 0 Å². The molecule has 4 rings (SSSR count). The van der Waals surface area contributed by atoms with E-state index in [2.05, 4.69) is 31.0 Å². The zero-order chi connectivity index (χ0) is 17.8. The summed E-state index contributed by atoms with van der Waals surface area (Å²) in [4.78, 5) is 18.2. The van der Waals surface area contributed by atoms with Gasteiger partial charge in [0, 0.05) is 22.3 Å². The van der Waals surface area contributed by atoms with Gasteiger partial charge in [0.2, 0.25) is 0 Å². The Hall–Kier alpha value is -2.68.